The Hall–Kier alpha value is -0.0400. The van der Waals surface area contributed by atoms with E-state index in [2.05, 4.69) is 28.3 Å². The first-order chi connectivity index (χ1) is 4.74. The SMILES string of the molecule is Cc1ccc(SN)cc1P. The van der Waals surface area contributed by atoms with Crippen LogP contribution in [0.15, 0.2) is 23.1 Å². The van der Waals surface area contributed by atoms with E-state index < -0.39 is 0 Å². The van der Waals surface area contributed by atoms with E-state index in [1.807, 2.05) is 6.07 Å². The van der Waals surface area contributed by atoms with Crippen LogP contribution in [-0.4, -0.2) is 0 Å². The smallest absolute Gasteiger partial charge is 0.0232 e. The molecule has 1 aromatic carbocycles. The molecule has 0 heterocycles. The van der Waals surface area contributed by atoms with Crippen molar-refractivity contribution in [1.82, 2.24) is 0 Å². The van der Waals surface area contributed by atoms with Gasteiger partial charge in [-0.15, -0.1) is 9.24 Å². The van der Waals surface area contributed by atoms with Crippen LogP contribution in [0.1, 0.15) is 5.56 Å². The van der Waals surface area contributed by atoms with Crippen LogP contribution >= 0.6 is 21.2 Å². The molecule has 0 saturated carbocycles. The molecule has 0 saturated heterocycles. The molecule has 0 aliphatic carbocycles. The predicted molar refractivity (Wildman–Crippen MR) is 50.6 cm³/mol. The molecule has 0 aliphatic rings. The van der Waals surface area contributed by atoms with E-state index in [1.54, 1.807) is 0 Å². The molecule has 0 amide bonds. The van der Waals surface area contributed by atoms with E-state index in [0.717, 1.165) is 4.90 Å². The van der Waals surface area contributed by atoms with Gasteiger partial charge in [0.25, 0.3) is 0 Å². The van der Waals surface area contributed by atoms with Crippen LogP contribution in [0.3, 0.4) is 0 Å². The van der Waals surface area contributed by atoms with Gasteiger partial charge in [0.1, 0.15) is 0 Å². The topological polar surface area (TPSA) is 26.0 Å². The summed E-state index contributed by atoms with van der Waals surface area (Å²) in [6.07, 6.45) is 0. The van der Waals surface area contributed by atoms with Gasteiger partial charge >= 0.3 is 0 Å². The fourth-order valence-electron chi connectivity index (χ4n) is 0.692. The van der Waals surface area contributed by atoms with Crippen molar-refractivity contribution in [1.29, 1.82) is 0 Å². The van der Waals surface area contributed by atoms with Gasteiger partial charge < -0.3 is 0 Å². The quantitative estimate of drug-likeness (QED) is 0.511. The van der Waals surface area contributed by atoms with E-state index in [9.17, 15) is 0 Å². The van der Waals surface area contributed by atoms with Crippen LogP contribution in [-0.2, 0) is 0 Å². The van der Waals surface area contributed by atoms with Crippen molar-refractivity contribution < 1.29 is 0 Å². The lowest BCUT2D eigenvalue weighted by atomic mass is 10.2. The molecule has 0 bridgehead atoms. The predicted octanol–water partition coefficient (Wildman–Crippen LogP) is 1.46. The highest BCUT2D eigenvalue weighted by molar-refractivity contribution is 7.97. The summed E-state index contributed by atoms with van der Waals surface area (Å²) in [6.45, 7) is 2.08. The molecule has 1 nitrogen and oxygen atoms in total. The van der Waals surface area contributed by atoms with E-state index in [-0.39, 0.29) is 0 Å². The molecule has 1 atom stereocenters. The second-order valence-electron chi connectivity index (χ2n) is 2.14. The number of rotatable bonds is 1. The van der Waals surface area contributed by atoms with Gasteiger partial charge in [-0.3, -0.25) is 5.14 Å². The van der Waals surface area contributed by atoms with Gasteiger partial charge in [0.15, 0.2) is 0 Å². The third-order valence-corrected chi connectivity index (χ3v) is 2.53. The standard InChI is InChI=1S/C7H10NPS/c1-5-2-3-6(10-8)4-7(5)9/h2-4H,8-9H2,1H3. The summed E-state index contributed by atoms with van der Waals surface area (Å²) in [5, 5.41) is 6.59. The molecule has 0 fully saturated rings. The highest BCUT2D eigenvalue weighted by Crippen LogP contribution is 2.11. The van der Waals surface area contributed by atoms with E-state index >= 15 is 0 Å². The van der Waals surface area contributed by atoms with Crippen LogP contribution in [0.5, 0.6) is 0 Å². The van der Waals surface area contributed by atoms with Crippen molar-refractivity contribution in [2.45, 2.75) is 11.8 Å². The third kappa shape index (κ3) is 1.72. The fourth-order valence-corrected chi connectivity index (χ4v) is 1.43. The zero-order chi connectivity index (χ0) is 7.56. The van der Waals surface area contributed by atoms with Crippen LogP contribution < -0.4 is 10.4 Å². The number of hydrogen-bond donors (Lipinski definition) is 1. The molecule has 1 unspecified atom stereocenters. The largest absolute Gasteiger partial charge is 0.274 e. The maximum Gasteiger partial charge on any atom is 0.0232 e. The van der Waals surface area contributed by atoms with Gasteiger partial charge in [0.05, 0.1) is 0 Å². The molecule has 0 radical (unpaired) electrons. The monoisotopic (exact) mass is 171 g/mol. The van der Waals surface area contributed by atoms with Crippen molar-refractivity contribution in [2.75, 3.05) is 0 Å². The minimum atomic E-state index is 1.11. The summed E-state index contributed by atoms with van der Waals surface area (Å²) in [5.41, 5.74) is 1.28. The van der Waals surface area contributed by atoms with Crippen molar-refractivity contribution in [3.63, 3.8) is 0 Å². The summed E-state index contributed by atoms with van der Waals surface area (Å²) >= 11 is 1.28. The van der Waals surface area contributed by atoms with Gasteiger partial charge in [-0.2, -0.15) is 0 Å². The lowest BCUT2D eigenvalue weighted by molar-refractivity contribution is 1.42. The molecule has 1 rings (SSSR count). The summed E-state index contributed by atoms with van der Waals surface area (Å²) < 4.78 is 0. The van der Waals surface area contributed by atoms with Gasteiger partial charge in [-0.1, -0.05) is 6.07 Å². The second kappa shape index (κ2) is 3.38. The van der Waals surface area contributed by atoms with Crippen molar-refractivity contribution >= 4 is 26.5 Å². The van der Waals surface area contributed by atoms with E-state index in [1.165, 1.54) is 22.8 Å². The number of aryl methyl sites for hydroxylation is 1. The fraction of sp³-hybridized carbons (Fsp3) is 0.143. The van der Waals surface area contributed by atoms with Crippen molar-refractivity contribution in [2.24, 2.45) is 5.14 Å². The van der Waals surface area contributed by atoms with Crippen molar-refractivity contribution in [3.8, 4) is 0 Å². The maximum absolute atomic E-state index is 5.38. The third-order valence-electron chi connectivity index (χ3n) is 1.39. The summed E-state index contributed by atoms with van der Waals surface area (Å²) in [5.74, 6) is 0. The summed E-state index contributed by atoms with van der Waals surface area (Å²) in [4.78, 5) is 1.11. The molecule has 0 spiro atoms. The molecular formula is C7H10NPS. The molecule has 54 valence electrons. The zero-order valence-electron chi connectivity index (χ0n) is 5.79. The lowest BCUT2D eigenvalue weighted by Crippen LogP contribution is -1.96. The van der Waals surface area contributed by atoms with E-state index in [0.29, 0.717) is 0 Å². The molecule has 0 aliphatic heterocycles. The molecule has 10 heavy (non-hydrogen) atoms. The Morgan fingerprint density at radius 3 is 2.70 bits per heavy atom. The average Bonchev–Trinajstić information content (AvgIpc) is 1.95. The van der Waals surface area contributed by atoms with Crippen molar-refractivity contribution in [3.05, 3.63) is 23.8 Å². The molecule has 3 heteroatoms. The number of benzene rings is 1. The summed E-state index contributed by atoms with van der Waals surface area (Å²) in [6, 6.07) is 6.15. The maximum atomic E-state index is 5.38. The Morgan fingerprint density at radius 2 is 2.20 bits per heavy atom. The van der Waals surface area contributed by atoms with Gasteiger partial charge in [-0.25, -0.2) is 0 Å². The highest BCUT2D eigenvalue weighted by atomic mass is 32.2. The first-order valence-corrected chi connectivity index (χ1v) is 4.42. The molecular weight excluding hydrogens is 161 g/mol. The first kappa shape index (κ1) is 8.06. The van der Waals surface area contributed by atoms with Crippen LogP contribution in [0.2, 0.25) is 0 Å². The Morgan fingerprint density at radius 1 is 1.50 bits per heavy atom. The van der Waals surface area contributed by atoms with Gasteiger partial charge in [0.2, 0.25) is 0 Å². The zero-order valence-corrected chi connectivity index (χ0v) is 7.77. The minimum absolute atomic E-state index is 1.11. The number of hydrogen-bond acceptors (Lipinski definition) is 2. The average molecular weight is 171 g/mol. The minimum Gasteiger partial charge on any atom is -0.274 e. The lowest BCUT2D eigenvalue weighted by Gasteiger charge is -2.00. The van der Waals surface area contributed by atoms with Gasteiger partial charge in [0, 0.05) is 4.90 Å². The number of nitrogens with two attached hydrogens (primary N) is 1. The molecule has 0 aromatic heterocycles. The normalized spacial score (nSPS) is 9.90. The summed E-state index contributed by atoms with van der Waals surface area (Å²) in [7, 11) is 2.68. The highest BCUT2D eigenvalue weighted by Gasteiger charge is 1.93. The Balaban J connectivity index is 3.04. The Kier molecular flexibility index (Phi) is 2.72. The Labute approximate surface area is 67.7 Å². The molecule has 1 aromatic rings. The first-order valence-electron chi connectivity index (χ1n) is 2.97. The van der Waals surface area contributed by atoms with Gasteiger partial charge in [-0.05, 0) is 41.9 Å². The molecule has 2 N–H and O–H groups in total. The van der Waals surface area contributed by atoms with E-state index in [4.69, 9.17) is 5.14 Å². The Bertz CT molecular complexity index is 237. The second-order valence-corrected chi connectivity index (χ2v) is 3.47. The van der Waals surface area contributed by atoms with Crippen LogP contribution in [0, 0.1) is 6.92 Å². The van der Waals surface area contributed by atoms with Crippen LogP contribution in [0.4, 0.5) is 0 Å². The van der Waals surface area contributed by atoms with Crippen LogP contribution in [0.25, 0.3) is 0 Å².